The normalized spacial score (nSPS) is 9.58. The summed E-state index contributed by atoms with van der Waals surface area (Å²) in [7, 11) is 0. The zero-order valence-corrected chi connectivity index (χ0v) is 28.2. The minimum atomic E-state index is -1.42. The fraction of sp³-hybridized carbons (Fsp3) is 0.353. The molecule has 0 aliphatic heterocycles. The van der Waals surface area contributed by atoms with Crippen LogP contribution >= 0.6 is 0 Å². The van der Waals surface area contributed by atoms with E-state index in [1.807, 2.05) is 36.4 Å². The van der Waals surface area contributed by atoms with Gasteiger partial charge in [0, 0.05) is 12.2 Å². The van der Waals surface area contributed by atoms with Gasteiger partial charge in [0.05, 0.1) is 11.9 Å². The van der Waals surface area contributed by atoms with Crippen LogP contribution in [0.4, 0.5) is 0 Å². The molecule has 8 nitrogen and oxygen atoms in total. The Morgan fingerprint density at radius 1 is 0.605 bits per heavy atom. The minimum absolute atomic E-state index is 0. The summed E-state index contributed by atoms with van der Waals surface area (Å²) in [5.74, 6) is -4.26. The van der Waals surface area contributed by atoms with E-state index in [0.717, 1.165) is 36.1 Å². The summed E-state index contributed by atoms with van der Waals surface area (Å²) >= 11 is 0. The molecule has 0 saturated heterocycles. The van der Waals surface area contributed by atoms with Crippen LogP contribution in [-0.4, -0.2) is 47.8 Å². The van der Waals surface area contributed by atoms with Gasteiger partial charge in [-0.05, 0) is 23.3 Å². The van der Waals surface area contributed by atoms with Gasteiger partial charge >= 0.3 is 35.8 Å². The maximum atomic E-state index is 10.9. The van der Waals surface area contributed by atoms with Gasteiger partial charge in [-0.15, -0.1) is 0 Å². The van der Waals surface area contributed by atoms with Crippen LogP contribution in [0.3, 0.4) is 0 Å². The molecule has 0 unspecified atom stereocenters. The molecule has 0 saturated carbocycles. The van der Waals surface area contributed by atoms with Crippen molar-refractivity contribution in [2.45, 2.75) is 78.4 Å². The average Bonchev–Trinajstić information content (AvgIpc) is 3.00. The summed E-state index contributed by atoms with van der Waals surface area (Å²) in [6, 6.07) is 18.2. The molecule has 4 radical (unpaired) electrons. The third kappa shape index (κ3) is 34.7. The molecule has 0 amide bonds. The number of unbranched alkanes of at least 4 members (excludes halogenated alkanes) is 6. The van der Waals surface area contributed by atoms with Crippen molar-refractivity contribution in [2.24, 2.45) is 0 Å². The predicted octanol–water partition coefficient (Wildman–Crippen LogP) is 4.49. The van der Waals surface area contributed by atoms with Crippen LogP contribution in [0.5, 0.6) is 0 Å². The van der Waals surface area contributed by atoms with Gasteiger partial charge in [-0.2, -0.15) is 0 Å². The molecule has 9 heteroatoms. The second-order valence-electron chi connectivity index (χ2n) is 8.61. The van der Waals surface area contributed by atoms with Crippen molar-refractivity contribution >= 4 is 47.8 Å². The van der Waals surface area contributed by atoms with Crippen molar-refractivity contribution in [1.29, 1.82) is 0 Å². The molecule has 0 bridgehead atoms. The average molecular weight is 699 g/mol. The summed E-state index contributed by atoms with van der Waals surface area (Å²) in [6.07, 6.45) is 13.0. The maximum Gasteiger partial charge on any atom is 2.00 e. The van der Waals surface area contributed by atoms with Crippen LogP contribution in [-0.2, 0) is 41.9 Å². The third-order valence-corrected chi connectivity index (χ3v) is 4.87. The van der Waals surface area contributed by atoms with E-state index in [9.17, 15) is 29.4 Å². The van der Waals surface area contributed by atoms with E-state index in [2.05, 4.69) is 27.7 Å². The van der Waals surface area contributed by atoms with Crippen molar-refractivity contribution in [3.8, 4) is 0 Å². The van der Waals surface area contributed by atoms with Crippen LogP contribution in [0, 0.1) is 13.8 Å². The number of carboxylic acids is 2. The SMILES string of the molecule is O=C([O-])/C=C\C(=O)OCc1ccccc1.O=C([O-])/C=C\C(=O)OCc1ccccc1.[CH2]CCCCC.[CH2]CCCCC.[Sn+2]. The van der Waals surface area contributed by atoms with Crippen molar-refractivity contribution in [1.82, 2.24) is 0 Å². The quantitative estimate of drug-likeness (QED) is 0.122. The van der Waals surface area contributed by atoms with Gasteiger partial charge in [0.1, 0.15) is 13.2 Å². The van der Waals surface area contributed by atoms with Gasteiger partial charge in [-0.1, -0.05) is 140 Å². The minimum Gasteiger partial charge on any atom is -0.545 e. The van der Waals surface area contributed by atoms with E-state index in [-0.39, 0.29) is 37.1 Å². The van der Waals surface area contributed by atoms with Crippen LogP contribution in [0.15, 0.2) is 85.0 Å². The summed E-state index contributed by atoms with van der Waals surface area (Å²) in [4.78, 5) is 41.8. The van der Waals surface area contributed by atoms with Gasteiger partial charge in [0.15, 0.2) is 0 Å². The van der Waals surface area contributed by atoms with Crippen LogP contribution in [0.25, 0.3) is 0 Å². The van der Waals surface area contributed by atoms with Crippen LogP contribution < -0.4 is 10.2 Å². The first kappa shape index (κ1) is 44.0. The standard InChI is InChI=1S/2C11H10O4.2C6H13.Sn/c2*12-10(13)6-7-11(14)15-8-9-4-2-1-3-5-9;2*1-3-5-6-4-2;/h2*1-7H,8H2,(H,12,13);2*1,3-6H2,2H3;/q;;;;+2/p-2/b2*7-6-;;;. The van der Waals surface area contributed by atoms with Gasteiger partial charge in [-0.25, -0.2) is 9.59 Å². The molecular formula is C34H44O8Sn. The van der Waals surface area contributed by atoms with Crippen molar-refractivity contribution in [2.75, 3.05) is 0 Å². The monoisotopic (exact) mass is 700 g/mol. The molecular weight excluding hydrogens is 655 g/mol. The number of hydrogen-bond donors (Lipinski definition) is 0. The fourth-order valence-electron chi connectivity index (χ4n) is 2.68. The fourth-order valence-corrected chi connectivity index (χ4v) is 2.68. The Labute approximate surface area is 274 Å². The predicted molar refractivity (Wildman–Crippen MR) is 166 cm³/mol. The number of aliphatic carboxylic acids is 2. The summed E-state index contributed by atoms with van der Waals surface area (Å²) in [5.41, 5.74) is 1.68. The second-order valence-corrected chi connectivity index (χ2v) is 8.61. The van der Waals surface area contributed by atoms with E-state index in [0.29, 0.717) is 12.2 Å². The van der Waals surface area contributed by atoms with Gasteiger partial charge in [-0.3, -0.25) is 0 Å². The Balaban J connectivity index is -0.000000537. The van der Waals surface area contributed by atoms with Crippen molar-refractivity contribution in [3.63, 3.8) is 0 Å². The maximum absolute atomic E-state index is 10.9. The summed E-state index contributed by atoms with van der Waals surface area (Å²) in [6.45, 7) is 12.1. The Hall–Kier alpha value is -3.40. The van der Waals surface area contributed by atoms with Crippen LogP contribution in [0.1, 0.15) is 76.3 Å². The topological polar surface area (TPSA) is 133 Å². The molecule has 2 rings (SSSR count). The summed E-state index contributed by atoms with van der Waals surface area (Å²) < 4.78 is 9.52. The first-order valence-electron chi connectivity index (χ1n) is 14.0. The Morgan fingerprint density at radius 2 is 0.930 bits per heavy atom. The molecule has 0 aromatic heterocycles. The van der Waals surface area contributed by atoms with Crippen molar-refractivity contribution in [3.05, 3.63) is 110 Å². The number of carboxylic acid groups (broad SMARTS) is 2. The van der Waals surface area contributed by atoms with Crippen LogP contribution in [0.2, 0.25) is 0 Å². The first-order valence-corrected chi connectivity index (χ1v) is 14.0. The molecule has 232 valence electrons. The molecule has 2 aromatic rings. The first-order chi connectivity index (χ1) is 20.2. The molecule has 0 aliphatic carbocycles. The number of carbonyl (C=O) groups is 4. The number of hydrogen-bond acceptors (Lipinski definition) is 8. The molecule has 0 fully saturated rings. The zero-order chi connectivity index (χ0) is 31.8. The third-order valence-electron chi connectivity index (χ3n) is 4.87. The number of rotatable bonds is 14. The van der Waals surface area contributed by atoms with Gasteiger partial charge in [0.25, 0.3) is 0 Å². The van der Waals surface area contributed by atoms with Gasteiger partial charge in [0.2, 0.25) is 0 Å². The zero-order valence-electron chi connectivity index (χ0n) is 25.3. The number of carbonyl (C=O) groups excluding carboxylic acids is 4. The van der Waals surface area contributed by atoms with E-state index in [4.69, 9.17) is 9.47 Å². The smallest absolute Gasteiger partial charge is 0.545 e. The molecule has 0 N–H and O–H groups in total. The molecule has 0 spiro atoms. The van der Waals surface area contributed by atoms with E-state index < -0.39 is 23.9 Å². The molecule has 43 heavy (non-hydrogen) atoms. The van der Waals surface area contributed by atoms with E-state index in [1.54, 1.807) is 24.3 Å². The Morgan fingerprint density at radius 3 is 1.16 bits per heavy atom. The Kier molecular flexibility index (Phi) is 33.9. The van der Waals surface area contributed by atoms with Gasteiger partial charge < -0.3 is 29.3 Å². The number of esters is 2. The number of ether oxygens (including phenoxy) is 2. The summed E-state index contributed by atoms with van der Waals surface area (Å²) in [5, 5.41) is 19.9. The Bertz CT molecular complexity index is 930. The molecule has 2 aromatic carbocycles. The molecule has 0 atom stereocenters. The number of benzene rings is 2. The van der Waals surface area contributed by atoms with Crippen molar-refractivity contribution < 1.29 is 38.9 Å². The molecule has 0 aliphatic rings. The van der Waals surface area contributed by atoms with E-state index >= 15 is 0 Å². The largest absolute Gasteiger partial charge is 2.00 e. The molecule has 0 heterocycles. The second kappa shape index (κ2) is 33.1. The van der Waals surface area contributed by atoms with E-state index in [1.165, 1.54) is 38.5 Å².